The number of anilines is 3. The van der Waals surface area contributed by atoms with Crippen LogP contribution in [-0.4, -0.2) is 0 Å². The summed E-state index contributed by atoms with van der Waals surface area (Å²) in [6.07, 6.45) is 5.32. The predicted molar refractivity (Wildman–Crippen MR) is 249 cm³/mol. The second-order valence-corrected chi connectivity index (χ2v) is 18.4. The number of furan rings is 1. The van der Waals surface area contributed by atoms with E-state index in [4.69, 9.17) is 4.42 Å². The van der Waals surface area contributed by atoms with E-state index < -0.39 is 0 Å². The lowest BCUT2D eigenvalue weighted by Crippen LogP contribution is -2.32. The summed E-state index contributed by atoms with van der Waals surface area (Å²) in [6.45, 7) is 4.76. The number of para-hydroxylation sites is 1. The molecule has 3 unspecified atom stereocenters. The van der Waals surface area contributed by atoms with E-state index in [0.29, 0.717) is 5.92 Å². The van der Waals surface area contributed by atoms with Gasteiger partial charge in [-0.3, -0.25) is 0 Å². The molecule has 9 aromatic rings. The van der Waals surface area contributed by atoms with Gasteiger partial charge in [0, 0.05) is 38.7 Å². The molecule has 0 saturated heterocycles. The van der Waals surface area contributed by atoms with Crippen molar-refractivity contribution in [2.24, 2.45) is 11.8 Å². The lowest BCUT2D eigenvalue weighted by atomic mass is 9.67. The van der Waals surface area contributed by atoms with Crippen LogP contribution in [0, 0.1) is 11.8 Å². The first-order chi connectivity index (χ1) is 29.5. The Hall–Kier alpha value is -6.64. The van der Waals surface area contributed by atoms with Gasteiger partial charge in [0.1, 0.15) is 11.2 Å². The molecule has 2 heteroatoms. The molecule has 1 heterocycles. The summed E-state index contributed by atoms with van der Waals surface area (Å²) in [5.74, 6) is 1.52. The zero-order valence-electron chi connectivity index (χ0n) is 34.1. The summed E-state index contributed by atoms with van der Waals surface area (Å²) in [5.41, 5.74) is 21.7. The Morgan fingerprint density at radius 2 is 1.13 bits per heavy atom. The summed E-state index contributed by atoms with van der Waals surface area (Å²) in [6, 6.07) is 65.8. The number of hydrogen-bond donors (Lipinski definition) is 0. The third kappa shape index (κ3) is 4.65. The average molecular weight is 772 g/mol. The second kappa shape index (κ2) is 12.4. The molecule has 60 heavy (non-hydrogen) atoms. The molecule has 4 aliphatic carbocycles. The van der Waals surface area contributed by atoms with Crippen LogP contribution in [0.25, 0.3) is 66.4 Å². The highest BCUT2D eigenvalue weighted by molar-refractivity contribution is 6.12. The van der Waals surface area contributed by atoms with Crippen molar-refractivity contribution in [1.29, 1.82) is 0 Å². The maximum atomic E-state index is 6.36. The zero-order chi connectivity index (χ0) is 39.7. The minimum absolute atomic E-state index is 0.0888. The van der Waals surface area contributed by atoms with Gasteiger partial charge in [0.2, 0.25) is 0 Å². The number of fused-ring (bicyclic) bond motifs is 14. The minimum atomic E-state index is -0.0888. The van der Waals surface area contributed by atoms with Gasteiger partial charge in [-0.25, -0.2) is 0 Å². The Bertz CT molecular complexity index is 3220. The van der Waals surface area contributed by atoms with Gasteiger partial charge in [-0.2, -0.15) is 0 Å². The normalized spacial score (nSPS) is 20.1. The van der Waals surface area contributed by atoms with Crippen LogP contribution in [0.15, 0.2) is 180 Å². The maximum Gasteiger partial charge on any atom is 0.136 e. The quantitative estimate of drug-likeness (QED) is 0.173. The fourth-order valence-corrected chi connectivity index (χ4v) is 12.7. The van der Waals surface area contributed by atoms with Gasteiger partial charge >= 0.3 is 0 Å². The first-order valence-electron chi connectivity index (χ1n) is 21.9. The third-order valence-corrected chi connectivity index (χ3v) is 15.1. The molecule has 2 fully saturated rings. The van der Waals surface area contributed by atoms with Crippen LogP contribution in [0.4, 0.5) is 17.1 Å². The second-order valence-electron chi connectivity index (χ2n) is 18.4. The average Bonchev–Trinajstić information content (AvgIpc) is 4.11. The molecule has 0 radical (unpaired) electrons. The molecule has 288 valence electrons. The van der Waals surface area contributed by atoms with E-state index in [9.17, 15) is 0 Å². The molecule has 0 aliphatic heterocycles. The smallest absolute Gasteiger partial charge is 0.136 e. The molecule has 1 aromatic heterocycles. The van der Waals surface area contributed by atoms with E-state index in [1.165, 1.54) is 92.6 Å². The number of hydrogen-bond acceptors (Lipinski definition) is 2. The number of nitrogens with zero attached hydrogens (tertiary/aromatic N) is 1. The van der Waals surface area contributed by atoms with E-state index in [2.05, 4.69) is 195 Å². The molecular weight excluding hydrogens is 727 g/mol. The topological polar surface area (TPSA) is 16.4 Å². The van der Waals surface area contributed by atoms with Crippen LogP contribution in [0.5, 0.6) is 0 Å². The Labute approximate surface area is 351 Å². The van der Waals surface area contributed by atoms with Crippen molar-refractivity contribution in [1.82, 2.24) is 0 Å². The monoisotopic (exact) mass is 771 g/mol. The Kier molecular flexibility index (Phi) is 7.10. The first kappa shape index (κ1) is 34.2. The standard InChI is InChI=1S/C58H45NO/c1-57(2)50-20-6-3-15-46(50)48-19-10-18-44(56(48)57)37-25-28-40(29-26-37)59(41-13-9-12-38(33-41)43-17-11-23-54-55(43)49-16-5-8-22-53(49)60-54)42-30-31-47-45-14-4-7-21-51(45)58(52(47)34-42)35-36-24-27-39(58)32-36/h3-23,25-26,28-31,33-34,36,39H,24,27,32,35H2,1-2H3. The molecule has 0 N–H and O–H groups in total. The molecule has 1 spiro atoms. The summed E-state index contributed by atoms with van der Waals surface area (Å²) in [4.78, 5) is 2.50. The lowest BCUT2D eigenvalue weighted by molar-refractivity contribution is 0.327. The van der Waals surface area contributed by atoms with E-state index >= 15 is 0 Å². The van der Waals surface area contributed by atoms with Gasteiger partial charge in [-0.05, 0) is 146 Å². The van der Waals surface area contributed by atoms with Gasteiger partial charge in [-0.15, -0.1) is 0 Å². The van der Waals surface area contributed by atoms with E-state index in [-0.39, 0.29) is 10.8 Å². The Morgan fingerprint density at radius 3 is 1.97 bits per heavy atom. The van der Waals surface area contributed by atoms with Crippen molar-refractivity contribution < 1.29 is 4.42 Å². The fourth-order valence-electron chi connectivity index (χ4n) is 12.7. The van der Waals surface area contributed by atoms with E-state index in [0.717, 1.165) is 39.2 Å². The van der Waals surface area contributed by atoms with Crippen LogP contribution in [0.3, 0.4) is 0 Å². The maximum absolute atomic E-state index is 6.36. The zero-order valence-corrected chi connectivity index (χ0v) is 34.1. The molecule has 13 rings (SSSR count). The van der Waals surface area contributed by atoms with Crippen LogP contribution in [-0.2, 0) is 10.8 Å². The van der Waals surface area contributed by atoms with Crippen molar-refractivity contribution in [2.45, 2.75) is 50.4 Å². The molecule has 0 amide bonds. The highest BCUT2D eigenvalue weighted by atomic mass is 16.3. The van der Waals surface area contributed by atoms with Crippen molar-refractivity contribution in [3.63, 3.8) is 0 Å². The molecule has 8 aromatic carbocycles. The van der Waals surface area contributed by atoms with Crippen LogP contribution in [0.1, 0.15) is 61.8 Å². The van der Waals surface area contributed by atoms with Crippen LogP contribution >= 0.6 is 0 Å². The summed E-state index contributed by atoms with van der Waals surface area (Å²) < 4.78 is 6.36. The molecule has 2 nitrogen and oxygen atoms in total. The van der Waals surface area contributed by atoms with Gasteiger partial charge in [0.25, 0.3) is 0 Å². The van der Waals surface area contributed by atoms with E-state index in [1.54, 1.807) is 5.56 Å². The molecule has 3 atom stereocenters. The van der Waals surface area contributed by atoms with Crippen molar-refractivity contribution >= 4 is 39.0 Å². The van der Waals surface area contributed by atoms with Crippen molar-refractivity contribution in [3.8, 4) is 44.5 Å². The molecular formula is C58H45NO. The summed E-state index contributed by atoms with van der Waals surface area (Å²) >= 11 is 0. The van der Waals surface area contributed by atoms with Crippen molar-refractivity contribution in [2.75, 3.05) is 4.90 Å². The SMILES string of the molecule is CC1(C)c2ccccc2-c2cccc(-c3ccc(N(c4cccc(-c5cccc6oc7ccccc7c56)c4)c4ccc5c(c4)C4(CC6CCC4C6)c4ccccc4-5)cc3)c21. The summed E-state index contributed by atoms with van der Waals surface area (Å²) in [5, 5.41) is 2.31. The van der Waals surface area contributed by atoms with Gasteiger partial charge in [-0.1, -0.05) is 148 Å². The molecule has 4 aliphatic rings. The third-order valence-electron chi connectivity index (χ3n) is 15.1. The predicted octanol–water partition coefficient (Wildman–Crippen LogP) is 15.8. The van der Waals surface area contributed by atoms with E-state index in [1.807, 2.05) is 0 Å². The number of rotatable bonds is 5. The summed E-state index contributed by atoms with van der Waals surface area (Å²) in [7, 11) is 0. The van der Waals surface area contributed by atoms with Crippen LogP contribution < -0.4 is 4.90 Å². The first-order valence-corrected chi connectivity index (χ1v) is 21.9. The highest BCUT2D eigenvalue weighted by Gasteiger charge is 2.56. The van der Waals surface area contributed by atoms with Crippen molar-refractivity contribution in [3.05, 3.63) is 198 Å². The highest BCUT2D eigenvalue weighted by Crippen LogP contribution is 2.66. The minimum Gasteiger partial charge on any atom is -0.456 e. The van der Waals surface area contributed by atoms with Gasteiger partial charge < -0.3 is 9.32 Å². The molecule has 2 bridgehead atoms. The number of benzene rings is 8. The lowest BCUT2D eigenvalue weighted by Gasteiger charge is -2.37. The fraction of sp³-hybridized carbons (Fsp3) is 0.172. The Balaban J connectivity index is 0.983. The van der Waals surface area contributed by atoms with Crippen LogP contribution in [0.2, 0.25) is 0 Å². The van der Waals surface area contributed by atoms with Gasteiger partial charge in [0.05, 0.1) is 0 Å². The largest absolute Gasteiger partial charge is 0.456 e. The Morgan fingerprint density at radius 1 is 0.483 bits per heavy atom. The van der Waals surface area contributed by atoms with Gasteiger partial charge in [0.15, 0.2) is 0 Å². The molecule has 2 saturated carbocycles.